The van der Waals surface area contributed by atoms with Gasteiger partial charge >= 0.3 is 0 Å². The molecule has 20 heavy (non-hydrogen) atoms. The second kappa shape index (κ2) is 7.08. The maximum Gasteiger partial charge on any atom is 0.0686 e. The SMILES string of the molecule is CCCNC(c1cc(C)c(Br)c(C)c1)c1sccc1Cl. The number of hydrogen-bond donors (Lipinski definition) is 1. The second-order valence-electron chi connectivity index (χ2n) is 4.99. The van der Waals surface area contributed by atoms with E-state index in [4.69, 9.17) is 11.6 Å². The summed E-state index contributed by atoms with van der Waals surface area (Å²) in [4.78, 5) is 1.20. The topological polar surface area (TPSA) is 12.0 Å². The Morgan fingerprint density at radius 1 is 1.30 bits per heavy atom. The van der Waals surface area contributed by atoms with E-state index in [1.54, 1.807) is 11.3 Å². The summed E-state index contributed by atoms with van der Waals surface area (Å²) < 4.78 is 1.19. The Labute approximate surface area is 138 Å². The van der Waals surface area contributed by atoms with Crippen molar-refractivity contribution in [1.29, 1.82) is 0 Å². The first-order valence-corrected chi connectivity index (χ1v) is 8.82. The van der Waals surface area contributed by atoms with Gasteiger partial charge in [-0.05, 0) is 54.9 Å². The fraction of sp³-hybridized carbons (Fsp3) is 0.375. The van der Waals surface area contributed by atoms with Crippen LogP contribution in [0.25, 0.3) is 0 Å². The lowest BCUT2D eigenvalue weighted by atomic mass is 10.00. The Hall–Kier alpha value is -0.350. The van der Waals surface area contributed by atoms with Crippen molar-refractivity contribution < 1.29 is 0 Å². The van der Waals surface area contributed by atoms with Gasteiger partial charge < -0.3 is 5.32 Å². The number of rotatable bonds is 5. The van der Waals surface area contributed by atoms with Gasteiger partial charge in [0.1, 0.15) is 0 Å². The fourth-order valence-electron chi connectivity index (χ4n) is 2.31. The molecule has 2 rings (SSSR count). The second-order valence-corrected chi connectivity index (χ2v) is 7.14. The summed E-state index contributed by atoms with van der Waals surface area (Å²) in [7, 11) is 0. The lowest BCUT2D eigenvalue weighted by Crippen LogP contribution is -2.23. The summed E-state index contributed by atoms with van der Waals surface area (Å²) in [6.45, 7) is 7.42. The Balaban J connectivity index is 2.44. The molecule has 0 aliphatic heterocycles. The monoisotopic (exact) mass is 371 g/mol. The molecule has 4 heteroatoms. The van der Waals surface area contributed by atoms with Gasteiger partial charge in [0.05, 0.1) is 11.1 Å². The van der Waals surface area contributed by atoms with E-state index in [-0.39, 0.29) is 6.04 Å². The highest BCUT2D eigenvalue weighted by atomic mass is 79.9. The van der Waals surface area contributed by atoms with Gasteiger partial charge in [-0.3, -0.25) is 0 Å². The Morgan fingerprint density at radius 2 is 1.95 bits per heavy atom. The first kappa shape index (κ1) is 16.0. The summed E-state index contributed by atoms with van der Waals surface area (Å²) in [6.07, 6.45) is 1.11. The average molecular weight is 373 g/mol. The zero-order valence-electron chi connectivity index (χ0n) is 12.0. The van der Waals surface area contributed by atoms with E-state index in [1.165, 1.54) is 26.0 Å². The molecule has 0 radical (unpaired) electrons. The molecule has 0 amide bonds. The van der Waals surface area contributed by atoms with Crippen molar-refractivity contribution in [2.24, 2.45) is 0 Å². The van der Waals surface area contributed by atoms with Crippen LogP contribution in [0.2, 0.25) is 5.02 Å². The molecule has 1 heterocycles. The summed E-state index contributed by atoms with van der Waals surface area (Å²) in [5.41, 5.74) is 3.80. The van der Waals surface area contributed by atoms with Gasteiger partial charge in [-0.25, -0.2) is 0 Å². The largest absolute Gasteiger partial charge is 0.306 e. The summed E-state index contributed by atoms with van der Waals surface area (Å²) in [6, 6.07) is 6.62. The number of hydrogen-bond acceptors (Lipinski definition) is 2. The van der Waals surface area contributed by atoms with Crippen LogP contribution in [0.15, 0.2) is 28.1 Å². The summed E-state index contributed by atoms with van der Waals surface area (Å²) >= 11 is 11.7. The first-order valence-electron chi connectivity index (χ1n) is 6.77. The maximum atomic E-state index is 6.34. The van der Waals surface area contributed by atoms with Gasteiger partial charge in [-0.15, -0.1) is 11.3 Å². The number of nitrogens with one attached hydrogen (secondary N) is 1. The Kier molecular flexibility index (Phi) is 5.67. The van der Waals surface area contributed by atoms with E-state index in [0.29, 0.717) is 0 Å². The molecule has 0 fully saturated rings. The van der Waals surface area contributed by atoms with Crippen LogP contribution in [0.1, 0.15) is 41.0 Å². The molecule has 0 saturated carbocycles. The lowest BCUT2D eigenvalue weighted by Gasteiger charge is -2.20. The normalized spacial score (nSPS) is 12.7. The third-order valence-electron chi connectivity index (χ3n) is 3.30. The van der Waals surface area contributed by atoms with Gasteiger partial charge in [0, 0.05) is 9.35 Å². The third-order valence-corrected chi connectivity index (χ3v) is 5.97. The summed E-state index contributed by atoms with van der Waals surface area (Å²) in [5.74, 6) is 0. The highest BCUT2D eigenvalue weighted by Gasteiger charge is 2.19. The van der Waals surface area contributed by atoms with Gasteiger partial charge in [-0.1, -0.05) is 46.6 Å². The van der Waals surface area contributed by atoms with Crippen molar-refractivity contribution >= 4 is 38.9 Å². The van der Waals surface area contributed by atoms with Crippen LogP contribution in [0.5, 0.6) is 0 Å². The Bertz CT molecular complexity index is 571. The van der Waals surface area contributed by atoms with Crippen molar-refractivity contribution in [3.8, 4) is 0 Å². The van der Waals surface area contributed by atoms with E-state index in [1.807, 2.05) is 6.07 Å². The molecule has 1 atom stereocenters. The zero-order chi connectivity index (χ0) is 14.7. The van der Waals surface area contributed by atoms with Crippen LogP contribution in [0, 0.1) is 13.8 Å². The molecule has 0 bridgehead atoms. The quantitative estimate of drug-likeness (QED) is 0.692. The van der Waals surface area contributed by atoms with Crippen LogP contribution in [0.3, 0.4) is 0 Å². The van der Waals surface area contributed by atoms with E-state index >= 15 is 0 Å². The number of benzene rings is 1. The van der Waals surface area contributed by atoms with Crippen LogP contribution in [-0.4, -0.2) is 6.54 Å². The standard InChI is InChI=1S/C16H19BrClNS/c1-4-6-19-15(16-13(18)5-7-20-16)12-8-10(2)14(17)11(3)9-12/h5,7-9,15,19H,4,6H2,1-3H3. The molecule has 0 aliphatic carbocycles. The average Bonchev–Trinajstić information content (AvgIpc) is 2.83. The van der Waals surface area contributed by atoms with Crippen LogP contribution >= 0.6 is 38.9 Å². The molecule has 0 spiro atoms. The van der Waals surface area contributed by atoms with Gasteiger partial charge in [0.15, 0.2) is 0 Å². The molecular formula is C16H19BrClNS. The van der Waals surface area contributed by atoms with Crippen molar-refractivity contribution in [2.75, 3.05) is 6.54 Å². The zero-order valence-corrected chi connectivity index (χ0v) is 15.1. The van der Waals surface area contributed by atoms with Crippen LogP contribution in [-0.2, 0) is 0 Å². The Morgan fingerprint density at radius 3 is 2.45 bits per heavy atom. The van der Waals surface area contributed by atoms with Gasteiger partial charge in [0.2, 0.25) is 0 Å². The van der Waals surface area contributed by atoms with Crippen molar-refractivity contribution in [3.05, 3.63) is 54.6 Å². The number of aryl methyl sites for hydroxylation is 2. The molecule has 1 N–H and O–H groups in total. The predicted octanol–water partition coefficient (Wildman–Crippen LogP) is 5.87. The van der Waals surface area contributed by atoms with Gasteiger partial charge in [0.25, 0.3) is 0 Å². The lowest BCUT2D eigenvalue weighted by molar-refractivity contribution is 0.605. The minimum Gasteiger partial charge on any atom is -0.306 e. The van der Waals surface area contributed by atoms with E-state index in [2.05, 4.69) is 59.5 Å². The maximum absolute atomic E-state index is 6.34. The van der Waals surface area contributed by atoms with E-state index < -0.39 is 0 Å². The minimum absolute atomic E-state index is 0.174. The summed E-state index contributed by atoms with van der Waals surface area (Å²) in [5, 5.41) is 6.51. The van der Waals surface area contributed by atoms with Gasteiger partial charge in [-0.2, -0.15) is 0 Å². The molecule has 1 nitrogen and oxygen atoms in total. The third kappa shape index (κ3) is 3.45. The molecule has 1 aromatic carbocycles. The molecular weight excluding hydrogens is 354 g/mol. The van der Waals surface area contributed by atoms with Crippen molar-refractivity contribution in [3.63, 3.8) is 0 Å². The molecule has 1 unspecified atom stereocenters. The van der Waals surface area contributed by atoms with Crippen LogP contribution in [0.4, 0.5) is 0 Å². The molecule has 2 aromatic rings. The minimum atomic E-state index is 0.174. The molecule has 0 saturated heterocycles. The van der Waals surface area contributed by atoms with Crippen molar-refractivity contribution in [2.45, 2.75) is 33.2 Å². The van der Waals surface area contributed by atoms with E-state index in [0.717, 1.165) is 18.0 Å². The number of thiophene rings is 1. The predicted molar refractivity (Wildman–Crippen MR) is 93.1 cm³/mol. The fourth-order valence-corrected chi connectivity index (χ4v) is 3.80. The van der Waals surface area contributed by atoms with Crippen LogP contribution < -0.4 is 5.32 Å². The van der Waals surface area contributed by atoms with E-state index in [9.17, 15) is 0 Å². The molecule has 0 aliphatic rings. The highest BCUT2D eigenvalue weighted by Crippen LogP contribution is 2.35. The number of halogens is 2. The highest BCUT2D eigenvalue weighted by molar-refractivity contribution is 9.10. The first-order chi connectivity index (χ1) is 9.54. The smallest absolute Gasteiger partial charge is 0.0686 e. The van der Waals surface area contributed by atoms with Crippen molar-refractivity contribution in [1.82, 2.24) is 5.32 Å². The molecule has 1 aromatic heterocycles. The molecule has 108 valence electrons.